The fraction of sp³-hybridized carbons (Fsp3) is 0.636. The average Bonchev–Trinajstić information content (AvgIpc) is 2.70. The minimum absolute atomic E-state index is 0.00375. The van der Waals surface area contributed by atoms with Crippen LogP contribution >= 0.6 is 11.8 Å². The highest BCUT2D eigenvalue weighted by Crippen LogP contribution is 2.32. The minimum Gasteiger partial charge on any atom is -0.310 e. The Morgan fingerprint density at radius 2 is 2.27 bits per heavy atom. The van der Waals surface area contributed by atoms with Gasteiger partial charge in [0.1, 0.15) is 5.82 Å². The van der Waals surface area contributed by atoms with E-state index in [4.69, 9.17) is 0 Å². The number of thioether (sulfide) groups is 1. The fourth-order valence-corrected chi connectivity index (χ4v) is 2.57. The van der Waals surface area contributed by atoms with Crippen LogP contribution in [0.25, 0.3) is 0 Å². The zero-order valence-electron chi connectivity index (χ0n) is 8.95. The number of rotatable bonds is 3. The topological polar surface area (TPSA) is 45.8 Å². The molecule has 4 heteroatoms. The SMILES string of the molecule is CSCc1nc(C2CCCC2)cc(=O)[nH]1. The fourth-order valence-electron chi connectivity index (χ4n) is 2.16. The largest absolute Gasteiger partial charge is 0.310 e. The van der Waals surface area contributed by atoms with E-state index in [0.29, 0.717) is 5.92 Å². The maximum absolute atomic E-state index is 11.4. The molecule has 0 saturated heterocycles. The van der Waals surface area contributed by atoms with Crippen LogP contribution in [-0.2, 0) is 5.75 Å². The molecule has 1 aliphatic rings. The predicted octanol–water partition coefficient (Wildman–Crippen LogP) is 2.29. The van der Waals surface area contributed by atoms with Gasteiger partial charge in [0.2, 0.25) is 0 Å². The Balaban J connectivity index is 2.26. The highest BCUT2D eigenvalue weighted by atomic mass is 32.2. The number of hydrogen-bond donors (Lipinski definition) is 1. The summed E-state index contributed by atoms with van der Waals surface area (Å²) in [6.07, 6.45) is 6.95. The van der Waals surface area contributed by atoms with Crippen LogP contribution in [0, 0.1) is 0 Å². The summed E-state index contributed by atoms with van der Waals surface area (Å²) < 4.78 is 0. The molecule has 0 aromatic carbocycles. The Bertz CT molecular complexity index is 382. The molecule has 15 heavy (non-hydrogen) atoms. The normalized spacial score (nSPS) is 17.1. The van der Waals surface area contributed by atoms with Gasteiger partial charge in [-0.1, -0.05) is 12.8 Å². The lowest BCUT2D eigenvalue weighted by molar-refractivity contribution is 0.685. The van der Waals surface area contributed by atoms with Gasteiger partial charge in [-0.25, -0.2) is 4.98 Å². The maximum atomic E-state index is 11.4. The van der Waals surface area contributed by atoms with Crippen LogP contribution in [0.2, 0.25) is 0 Å². The number of nitrogens with zero attached hydrogens (tertiary/aromatic N) is 1. The average molecular weight is 224 g/mol. The van der Waals surface area contributed by atoms with Crippen LogP contribution in [0.3, 0.4) is 0 Å². The van der Waals surface area contributed by atoms with Crippen molar-refractivity contribution in [3.05, 3.63) is 27.9 Å². The van der Waals surface area contributed by atoms with E-state index in [2.05, 4.69) is 9.97 Å². The lowest BCUT2D eigenvalue weighted by Crippen LogP contribution is -2.13. The Hall–Kier alpha value is -0.770. The summed E-state index contributed by atoms with van der Waals surface area (Å²) in [6, 6.07) is 1.67. The van der Waals surface area contributed by atoms with Gasteiger partial charge in [0.15, 0.2) is 0 Å². The monoisotopic (exact) mass is 224 g/mol. The van der Waals surface area contributed by atoms with Crippen LogP contribution in [0.4, 0.5) is 0 Å². The summed E-state index contributed by atoms with van der Waals surface area (Å²) in [6.45, 7) is 0. The first-order valence-electron chi connectivity index (χ1n) is 5.38. The highest BCUT2D eigenvalue weighted by Gasteiger charge is 2.19. The van der Waals surface area contributed by atoms with Crippen LogP contribution < -0.4 is 5.56 Å². The zero-order valence-corrected chi connectivity index (χ0v) is 9.77. The second kappa shape index (κ2) is 4.84. The number of aromatic nitrogens is 2. The molecule has 0 spiro atoms. The minimum atomic E-state index is -0.00375. The van der Waals surface area contributed by atoms with Gasteiger partial charge in [-0.05, 0) is 19.1 Å². The van der Waals surface area contributed by atoms with Crippen molar-refractivity contribution in [3.63, 3.8) is 0 Å². The van der Waals surface area contributed by atoms with Gasteiger partial charge in [0.25, 0.3) is 5.56 Å². The molecule has 2 rings (SSSR count). The lowest BCUT2D eigenvalue weighted by atomic mass is 10.0. The predicted molar refractivity (Wildman–Crippen MR) is 63.3 cm³/mol. The summed E-state index contributed by atoms with van der Waals surface area (Å²) in [5, 5.41) is 0. The molecule has 0 aliphatic heterocycles. The maximum Gasteiger partial charge on any atom is 0.251 e. The molecule has 1 N–H and O–H groups in total. The molecule has 3 nitrogen and oxygen atoms in total. The van der Waals surface area contributed by atoms with Crippen molar-refractivity contribution in [3.8, 4) is 0 Å². The van der Waals surface area contributed by atoms with Gasteiger partial charge >= 0.3 is 0 Å². The lowest BCUT2D eigenvalue weighted by Gasteiger charge is -2.08. The van der Waals surface area contributed by atoms with E-state index in [1.807, 2.05) is 6.26 Å². The summed E-state index contributed by atoms with van der Waals surface area (Å²) >= 11 is 1.68. The van der Waals surface area contributed by atoms with Crippen molar-refractivity contribution >= 4 is 11.8 Å². The van der Waals surface area contributed by atoms with Gasteiger partial charge in [0, 0.05) is 12.0 Å². The quantitative estimate of drug-likeness (QED) is 0.856. The van der Waals surface area contributed by atoms with Gasteiger partial charge in [-0.3, -0.25) is 4.79 Å². The van der Waals surface area contributed by atoms with Crippen molar-refractivity contribution in [1.29, 1.82) is 0 Å². The van der Waals surface area contributed by atoms with E-state index in [1.54, 1.807) is 17.8 Å². The molecule has 1 aromatic heterocycles. The second-order valence-electron chi connectivity index (χ2n) is 4.03. The Kier molecular flexibility index (Phi) is 3.46. The Labute approximate surface area is 93.7 Å². The van der Waals surface area contributed by atoms with E-state index in [-0.39, 0.29) is 5.56 Å². The molecule has 1 saturated carbocycles. The summed E-state index contributed by atoms with van der Waals surface area (Å²) in [5.74, 6) is 2.13. The number of hydrogen-bond acceptors (Lipinski definition) is 3. The Morgan fingerprint density at radius 3 is 2.93 bits per heavy atom. The zero-order chi connectivity index (χ0) is 10.7. The molecular weight excluding hydrogens is 208 g/mol. The molecule has 1 aliphatic carbocycles. The standard InChI is InChI=1S/C11H16N2OS/c1-15-7-10-12-9(6-11(14)13-10)8-4-2-3-5-8/h6,8H,2-5,7H2,1H3,(H,12,13,14). The van der Waals surface area contributed by atoms with Crippen LogP contribution in [0.15, 0.2) is 10.9 Å². The first kappa shape index (κ1) is 10.7. The molecule has 1 heterocycles. The van der Waals surface area contributed by atoms with E-state index in [1.165, 1.54) is 25.7 Å². The van der Waals surface area contributed by atoms with Gasteiger partial charge < -0.3 is 4.98 Å². The van der Waals surface area contributed by atoms with Crippen LogP contribution in [-0.4, -0.2) is 16.2 Å². The molecule has 0 amide bonds. The summed E-state index contributed by atoms with van der Waals surface area (Å²) in [4.78, 5) is 18.8. The van der Waals surface area contributed by atoms with E-state index in [9.17, 15) is 4.79 Å². The third-order valence-corrected chi connectivity index (χ3v) is 3.43. The number of nitrogens with one attached hydrogen (secondary N) is 1. The summed E-state index contributed by atoms with van der Waals surface area (Å²) in [5.41, 5.74) is 0.997. The summed E-state index contributed by atoms with van der Waals surface area (Å²) in [7, 11) is 0. The molecule has 0 unspecified atom stereocenters. The third-order valence-electron chi connectivity index (χ3n) is 2.87. The smallest absolute Gasteiger partial charge is 0.251 e. The van der Waals surface area contributed by atoms with E-state index >= 15 is 0 Å². The van der Waals surface area contributed by atoms with Gasteiger partial charge in [-0.2, -0.15) is 11.8 Å². The third kappa shape index (κ3) is 2.62. The van der Waals surface area contributed by atoms with Gasteiger partial charge in [0.05, 0.1) is 11.4 Å². The molecule has 1 aromatic rings. The van der Waals surface area contributed by atoms with Crippen molar-refractivity contribution in [2.45, 2.75) is 37.4 Å². The van der Waals surface area contributed by atoms with E-state index < -0.39 is 0 Å². The number of aromatic amines is 1. The first-order chi connectivity index (χ1) is 7.29. The molecular formula is C11H16N2OS. The Morgan fingerprint density at radius 1 is 1.53 bits per heavy atom. The number of H-pyrrole nitrogens is 1. The molecule has 82 valence electrons. The van der Waals surface area contributed by atoms with Crippen molar-refractivity contribution in [2.75, 3.05) is 6.26 Å². The second-order valence-corrected chi connectivity index (χ2v) is 4.90. The van der Waals surface area contributed by atoms with Gasteiger partial charge in [-0.15, -0.1) is 0 Å². The van der Waals surface area contributed by atoms with E-state index in [0.717, 1.165) is 17.3 Å². The molecule has 0 bridgehead atoms. The highest BCUT2D eigenvalue weighted by molar-refractivity contribution is 7.97. The first-order valence-corrected chi connectivity index (χ1v) is 6.78. The molecule has 0 radical (unpaired) electrons. The van der Waals surface area contributed by atoms with Crippen molar-refractivity contribution < 1.29 is 0 Å². The van der Waals surface area contributed by atoms with Crippen LogP contribution in [0.1, 0.15) is 43.1 Å². The molecule has 1 fully saturated rings. The molecule has 0 atom stereocenters. The van der Waals surface area contributed by atoms with Crippen molar-refractivity contribution in [2.24, 2.45) is 0 Å². The van der Waals surface area contributed by atoms with Crippen LogP contribution in [0.5, 0.6) is 0 Å². The van der Waals surface area contributed by atoms with Crippen molar-refractivity contribution in [1.82, 2.24) is 9.97 Å².